The number of esters is 1. The molecule has 0 spiro atoms. The molecule has 1 N–H and O–H groups in total. The summed E-state index contributed by atoms with van der Waals surface area (Å²) >= 11 is 0. The molecule has 0 heterocycles. The molecule has 0 aliphatic rings. The van der Waals surface area contributed by atoms with Crippen molar-refractivity contribution in [1.82, 2.24) is 4.72 Å². The van der Waals surface area contributed by atoms with Crippen LogP contribution < -0.4 is 4.72 Å². The lowest BCUT2D eigenvalue weighted by Crippen LogP contribution is -2.28. The normalized spacial score (nSPS) is 12.5. The van der Waals surface area contributed by atoms with E-state index in [4.69, 9.17) is 10.00 Å². The lowest BCUT2D eigenvalue weighted by atomic mass is 10.1. The van der Waals surface area contributed by atoms with Crippen molar-refractivity contribution in [3.8, 4) is 6.07 Å². The third-order valence-corrected chi connectivity index (χ3v) is 4.75. The van der Waals surface area contributed by atoms with Gasteiger partial charge < -0.3 is 4.74 Å². The van der Waals surface area contributed by atoms with Gasteiger partial charge in [0.1, 0.15) is 6.07 Å². The second-order valence-electron chi connectivity index (χ2n) is 5.14. The molecule has 0 radical (unpaired) electrons. The standard InChI is InChI=1S/C15H20N2O4S/c1-10-7-11(2)15(12(3)8-10)22(19,20)17-6-5-14(18)21-13(4)9-16/h7-8,13,17H,5-6H2,1-4H3/t13-/m0/s1. The van der Waals surface area contributed by atoms with Gasteiger partial charge in [0.2, 0.25) is 10.0 Å². The topological polar surface area (TPSA) is 96.3 Å². The van der Waals surface area contributed by atoms with E-state index in [0.29, 0.717) is 11.1 Å². The Kier molecular flexibility index (Phi) is 6.09. The number of carbonyl (C=O) groups excluding carboxylic acids is 1. The SMILES string of the molecule is Cc1cc(C)c(S(=O)(=O)NCCC(=O)O[C@@H](C)C#N)c(C)c1. The van der Waals surface area contributed by atoms with E-state index in [0.717, 1.165) is 5.56 Å². The smallest absolute Gasteiger partial charge is 0.308 e. The summed E-state index contributed by atoms with van der Waals surface area (Å²) in [5.41, 5.74) is 2.30. The maximum atomic E-state index is 12.3. The number of carbonyl (C=O) groups is 1. The highest BCUT2D eigenvalue weighted by atomic mass is 32.2. The van der Waals surface area contributed by atoms with Crippen molar-refractivity contribution in [2.24, 2.45) is 0 Å². The highest BCUT2D eigenvalue weighted by Gasteiger charge is 2.20. The van der Waals surface area contributed by atoms with E-state index in [-0.39, 0.29) is 17.9 Å². The fourth-order valence-corrected chi connectivity index (χ4v) is 3.71. The minimum Gasteiger partial charge on any atom is -0.447 e. The number of nitrogens with one attached hydrogen (secondary N) is 1. The molecule has 22 heavy (non-hydrogen) atoms. The number of rotatable bonds is 6. The Labute approximate surface area is 131 Å². The van der Waals surface area contributed by atoms with Gasteiger partial charge in [-0.2, -0.15) is 5.26 Å². The highest BCUT2D eigenvalue weighted by molar-refractivity contribution is 7.89. The molecule has 0 amide bonds. The van der Waals surface area contributed by atoms with Gasteiger partial charge in [0.05, 0.1) is 11.3 Å². The lowest BCUT2D eigenvalue weighted by molar-refractivity contribution is -0.145. The fourth-order valence-electron chi connectivity index (χ4n) is 2.23. The molecule has 0 aliphatic heterocycles. The molecule has 1 aromatic rings. The summed E-state index contributed by atoms with van der Waals surface area (Å²) in [6.45, 7) is 6.73. The number of nitrogens with zero attached hydrogens (tertiary/aromatic N) is 1. The summed E-state index contributed by atoms with van der Waals surface area (Å²) in [4.78, 5) is 11.6. The first-order valence-corrected chi connectivity index (χ1v) is 8.32. The minimum atomic E-state index is -3.69. The van der Waals surface area contributed by atoms with Crippen LogP contribution in [-0.2, 0) is 19.6 Å². The second kappa shape index (κ2) is 7.38. The van der Waals surface area contributed by atoms with Crippen molar-refractivity contribution in [1.29, 1.82) is 5.26 Å². The molecule has 0 fully saturated rings. The van der Waals surface area contributed by atoms with Crippen LogP contribution in [-0.4, -0.2) is 27.0 Å². The van der Waals surface area contributed by atoms with E-state index >= 15 is 0 Å². The van der Waals surface area contributed by atoms with E-state index < -0.39 is 22.1 Å². The molecule has 0 unspecified atom stereocenters. The van der Waals surface area contributed by atoms with Crippen molar-refractivity contribution in [3.05, 3.63) is 28.8 Å². The molecule has 6 nitrogen and oxygen atoms in total. The quantitative estimate of drug-likeness (QED) is 0.804. The molecule has 0 aliphatic carbocycles. The average Bonchev–Trinajstić information content (AvgIpc) is 2.36. The van der Waals surface area contributed by atoms with Crippen LogP contribution in [0, 0.1) is 32.1 Å². The van der Waals surface area contributed by atoms with Crippen molar-refractivity contribution >= 4 is 16.0 Å². The van der Waals surface area contributed by atoms with Crippen LogP contribution in [0.15, 0.2) is 17.0 Å². The summed E-state index contributed by atoms with van der Waals surface area (Å²) in [6.07, 6.45) is -0.972. The van der Waals surface area contributed by atoms with Gasteiger partial charge in [-0.3, -0.25) is 4.79 Å². The number of hydrogen-bond acceptors (Lipinski definition) is 5. The maximum Gasteiger partial charge on any atom is 0.308 e. The molecule has 0 aromatic heterocycles. The largest absolute Gasteiger partial charge is 0.447 e. The summed E-state index contributed by atoms with van der Waals surface area (Å²) in [5, 5.41) is 8.53. The second-order valence-corrected chi connectivity index (χ2v) is 6.84. The van der Waals surface area contributed by atoms with Crippen molar-refractivity contribution in [2.75, 3.05) is 6.54 Å². The minimum absolute atomic E-state index is 0.0773. The van der Waals surface area contributed by atoms with Crippen molar-refractivity contribution < 1.29 is 17.9 Å². The summed E-state index contributed by atoms with van der Waals surface area (Å²) in [7, 11) is -3.69. The molecule has 0 bridgehead atoms. The predicted octanol–water partition coefficient (Wildman–Crippen LogP) is 1.74. The zero-order valence-electron chi connectivity index (χ0n) is 13.1. The highest BCUT2D eigenvalue weighted by Crippen LogP contribution is 2.21. The maximum absolute atomic E-state index is 12.3. The van der Waals surface area contributed by atoms with Crippen molar-refractivity contribution in [2.45, 2.75) is 45.1 Å². The Bertz CT molecular complexity index is 682. The van der Waals surface area contributed by atoms with Gasteiger partial charge in [-0.25, -0.2) is 13.1 Å². The number of ether oxygens (including phenoxy) is 1. The summed E-state index contributed by atoms with van der Waals surface area (Å²) in [5.74, 6) is -0.617. The van der Waals surface area contributed by atoms with Crippen LogP contribution in [0.1, 0.15) is 30.0 Å². The van der Waals surface area contributed by atoms with Gasteiger partial charge >= 0.3 is 5.97 Å². The van der Waals surface area contributed by atoms with E-state index in [2.05, 4.69) is 4.72 Å². The number of hydrogen-bond donors (Lipinski definition) is 1. The van der Waals surface area contributed by atoms with E-state index in [9.17, 15) is 13.2 Å². The van der Waals surface area contributed by atoms with Crippen LogP contribution in [0.25, 0.3) is 0 Å². The van der Waals surface area contributed by atoms with Gasteiger partial charge in [0, 0.05) is 6.54 Å². The zero-order valence-corrected chi connectivity index (χ0v) is 14.0. The molecular formula is C15H20N2O4S. The van der Waals surface area contributed by atoms with Gasteiger partial charge in [-0.1, -0.05) is 17.7 Å². The van der Waals surface area contributed by atoms with Crippen LogP contribution >= 0.6 is 0 Å². The number of nitriles is 1. The van der Waals surface area contributed by atoms with Crippen LogP contribution in [0.5, 0.6) is 0 Å². The zero-order chi connectivity index (χ0) is 16.9. The monoisotopic (exact) mass is 324 g/mol. The molecule has 120 valence electrons. The van der Waals surface area contributed by atoms with Crippen LogP contribution in [0.3, 0.4) is 0 Å². The number of sulfonamides is 1. The van der Waals surface area contributed by atoms with E-state index in [1.54, 1.807) is 32.0 Å². The predicted molar refractivity (Wildman–Crippen MR) is 81.6 cm³/mol. The van der Waals surface area contributed by atoms with Crippen LogP contribution in [0.4, 0.5) is 0 Å². The first-order chi connectivity index (χ1) is 10.2. The van der Waals surface area contributed by atoms with E-state index in [1.165, 1.54) is 6.92 Å². The Morgan fingerprint density at radius 3 is 2.36 bits per heavy atom. The molecule has 7 heteroatoms. The average molecular weight is 324 g/mol. The summed E-state index contributed by atoms with van der Waals surface area (Å²) < 4.78 is 31.8. The van der Waals surface area contributed by atoms with Gasteiger partial charge in [-0.15, -0.1) is 0 Å². The Morgan fingerprint density at radius 1 is 1.32 bits per heavy atom. The van der Waals surface area contributed by atoms with Crippen molar-refractivity contribution in [3.63, 3.8) is 0 Å². The molecule has 1 aromatic carbocycles. The van der Waals surface area contributed by atoms with Gasteiger partial charge in [0.25, 0.3) is 0 Å². The molecular weight excluding hydrogens is 304 g/mol. The lowest BCUT2D eigenvalue weighted by Gasteiger charge is -2.13. The first kappa shape index (κ1) is 18.1. The molecule has 1 rings (SSSR count). The third kappa shape index (κ3) is 4.83. The Morgan fingerprint density at radius 2 is 1.86 bits per heavy atom. The molecule has 0 saturated heterocycles. The Balaban J connectivity index is 2.74. The Hall–Kier alpha value is -1.91. The third-order valence-electron chi connectivity index (χ3n) is 2.98. The molecule has 0 saturated carbocycles. The summed E-state index contributed by atoms with van der Waals surface area (Å²) in [6, 6.07) is 5.36. The number of benzene rings is 1. The van der Waals surface area contributed by atoms with Crippen LogP contribution in [0.2, 0.25) is 0 Å². The van der Waals surface area contributed by atoms with Gasteiger partial charge in [-0.05, 0) is 38.8 Å². The fraction of sp³-hybridized carbons (Fsp3) is 0.467. The van der Waals surface area contributed by atoms with Gasteiger partial charge in [0.15, 0.2) is 6.10 Å². The molecule has 1 atom stereocenters. The van der Waals surface area contributed by atoms with E-state index in [1.807, 2.05) is 6.92 Å². The first-order valence-electron chi connectivity index (χ1n) is 6.84. The number of aryl methyl sites for hydroxylation is 3.